The predicted molar refractivity (Wildman–Crippen MR) is 167 cm³/mol. The van der Waals surface area contributed by atoms with Crippen molar-refractivity contribution in [1.82, 2.24) is 18.7 Å². The zero-order chi connectivity index (χ0) is 27.8. The van der Waals surface area contributed by atoms with Crippen molar-refractivity contribution in [1.29, 1.82) is 0 Å². The second-order valence-electron chi connectivity index (χ2n) is 8.24. The molecule has 0 unspecified atom stereocenters. The summed E-state index contributed by atoms with van der Waals surface area (Å²) in [6.45, 7) is 3.99. The van der Waals surface area contributed by atoms with Crippen LogP contribution in [-0.2, 0) is 16.0 Å². The van der Waals surface area contributed by atoms with Gasteiger partial charge in [-0.2, -0.15) is 8.75 Å². The number of nitrogens with zero attached hydrogens (tertiary/aromatic N) is 4. The number of rotatable bonds is 12. The molecular weight excluding hydrogens is 609 g/mol. The average molecular weight is 635 g/mol. The number of benzene rings is 2. The number of hydrogen-bond acceptors (Lipinski definition) is 12. The quantitative estimate of drug-likeness (QED) is 0.168. The number of aryl methyl sites for hydroxylation is 2. The zero-order valence-electron chi connectivity index (χ0n) is 21.6. The number of carbonyl (C=O) groups excluding carboxylic acids is 2. The Balaban J connectivity index is 1.28. The van der Waals surface area contributed by atoms with E-state index in [1.54, 1.807) is 0 Å². The lowest BCUT2D eigenvalue weighted by molar-refractivity contribution is -0.114. The van der Waals surface area contributed by atoms with Gasteiger partial charge in [-0.05, 0) is 90.2 Å². The van der Waals surface area contributed by atoms with Crippen molar-refractivity contribution in [3.63, 3.8) is 0 Å². The molecule has 14 heteroatoms. The van der Waals surface area contributed by atoms with Crippen molar-refractivity contribution >= 4 is 93.3 Å². The third-order valence-corrected chi connectivity index (χ3v) is 10.3. The molecule has 4 aromatic rings. The Bertz CT molecular complexity index is 1350. The van der Waals surface area contributed by atoms with E-state index in [0.29, 0.717) is 0 Å². The van der Waals surface area contributed by atoms with Crippen LogP contribution in [-0.4, -0.2) is 54.5 Å². The number of carbonyl (C=O) groups is 2. The first-order chi connectivity index (χ1) is 18.8. The third-order valence-electron chi connectivity index (χ3n) is 5.33. The van der Waals surface area contributed by atoms with Crippen LogP contribution in [0.3, 0.4) is 0 Å². The minimum Gasteiger partial charge on any atom is -0.325 e. The summed E-state index contributed by atoms with van der Waals surface area (Å²) < 4.78 is 10.0. The lowest BCUT2D eigenvalue weighted by atomic mass is 10.00. The molecule has 8 nitrogen and oxygen atoms in total. The zero-order valence-corrected chi connectivity index (χ0v) is 26.5. The van der Waals surface area contributed by atoms with Gasteiger partial charge in [0.1, 0.15) is 0 Å². The molecule has 204 valence electrons. The second kappa shape index (κ2) is 14.5. The maximum Gasteiger partial charge on any atom is 0.234 e. The molecule has 2 heterocycles. The van der Waals surface area contributed by atoms with Crippen LogP contribution in [0.1, 0.15) is 22.3 Å². The first-order valence-corrected chi connectivity index (χ1v) is 17.6. The smallest absolute Gasteiger partial charge is 0.234 e. The summed E-state index contributed by atoms with van der Waals surface area (Å²) in [5, 5.41) is 7.45. The molecule has 0 fully saturated rings. The van der Waals surface area contributed by atoms with E-state index in [1.165, 1.54) is 70.1 Å². The van der Waals surface area contributed by atoms with Gasteiger partial charge in [-0.3, -0.25) is 9.59 Å². The molecule has 0 spiro atoms. The van der Waals surface area contributed by atoms with Gasteiger partial charge in [-0.1, -0.05) is 71.3 Å². The Labute approximate surface area is 252 Å². The SMILES string of the molecule is CSc1nsc(SCC(=O)Nc2ccc(Cc3ccc(NC(=O)CSc4nc(SC)ns4)c(C)c3)cc2C)n1. The number of thioether (sulfide) groups is 4. The molecule has 2 aromatic carbocycles. The molecule has 0 bridgehead atoms. The maximum absolute atomic E-state index is 12.4. The molecule has 2 N–H and O–H groups in total. The monoisotopic (exact) mass is 634 g/mol. The first-order valence-electron chi connectivity index (χ1n) is 11.6. The van der Waals surface area contributed by atoms with E-state index in [0.717, 1.165) is 59.0 Å². The Kier molecular flexibility index (Phi) is 11.1. The van der Waals surface area contributed by atoms with Crippen LogP contribution >= 0.6 is 70.1 Å². The van der Waals surface area contributed by atoms with Gasteiger partial charge >= 0.3 is 0 Å². The van der Waals surface area contributed by atoms with E-state index in [4.69, 9.17) is 0 Å². The van der Waals surface area contributed by atoms with Crippen LogP contribution in [0.15, 0.2) is 55.4 Å². The fourth-order valence-corrected chi connectivity index (χ4v) is 7.51. The molecule has 2 amide bonds. The lowest BCUT2D eigenvalue weighted by Crippen LogP contribution is -2.15. The summed E-state index contributed by atoms with van der Waals surface area (Å²) in [7, 11) is 0. The maximum atomic E-state index is 12.4. The molecule has 2 aromatic heterocycles. The van der Waals surface area contributed by atoms with Crippen LogP contribution in [0.2, 0.25) is 0 Å². The topological polar surface area (TPSA) is 110 Å². The summed E-state index contributed by atoms with van der Waals surface area (Å²) in [6.07, 6.45) is 4.61. The molecule has 0 aliphatic heterocycles. The number of hydrogen-bond donors (Lipinski definition) is 2. The van der Waals surface area contributed by atoms with Crippen molar-refractivity contribution in [3.8, 4) is 0 Å². The van der Waals surface area contributed by atoms with Crippen LogP contribution in [0.25, 0.3) is 0 Å². The fourth-order valence-electron chi connectivity index (χ4n) is 3.49. The minimum absolute atomic E-state index is 0.0727. The van der Waals surface area contributed by atoms with Gasteiger partial charge in [-0.25, -0.2) is 9.97 Å². The van der Waals surface area contributed by atoms with Crippen molar-refractivity contribution in [2.45, 2.75) is 39.3 Å². The Hall–Kier alpha value is -2.10. The van der Waals surface area contributed by atoms with Crippen LogP contribution in [0.5, 0.6) is 0 Å². The summed E-state index contributed by atoms with van der Waals surface area (Å²) in [5.41, 5.74) is 5.91. The van der Waals surface area contributed by atoms with Crippen LogP contribution in [0.4, 0.5) is 11.4 Å². The summed E-state index contributed by atoms with van der Waals surface area (Å²) in [6, 6.07) is 12.1. The molecule has 0 saturated carbocycles. The fraction of sp³-hybridized carbons (Fsp3) is 0.280. The van der Waals surface area contributed by atoms with Crippen LogP contribution < -0.4 is 10.6 Å². The predicted octanol–water partition coefficient (Wildman–Crippen LogP) is 6.50. The Morgan fingerprint density at radius 2 is 1.18 bits per heavy atom. The summed E-state index contributed by atoms with van der Waals surface area (Å²) in [4.78, 5) is 33.6. The number of amides is 2. The van der Waals surface area contributed by atoms with E-state index in [-0.39, 0.29) is 23.3 Å². The van der Waals surface area contributed by atoms with Crippen molar-refractivity contribution in [3.05, 3.63) is 58.7 Å². The minimum atomic E-state index is -0.0727. The van der Waals surface area contributed by atoms with E-state index in [1.807, 2.05) is 50.6 Å². The molecular formula is C25H26N6O2S6. The van der Waals surface area contributed by atoms with Gasteiger partial charge in [-0.15, -0.1) is 0 Å². The van der Waals surface area contributed by atoms with Gasteiger partial charge in [0.25, 0.3) is 0 Å². The molecule has 4 rings (SSSR count). The third kappa shape index (κ3) is 8.95. The molecule has 39 heavy (non-hydrogen) atoms. The Morgan fingerprint density at radius 1 is 0.744 bits per heavy atom. The van der Waals surface area contributed by atoms with Gasteiger partial charge in [0, 0.05) is 11.4 Å². The van der Waals surface area contributed by atoms with Crippen molar-refractivity contribution < 1.29 is 9.59 Å². The number of anilines is 2. The molecule has 0 radical (unpaired) electrons. The number of aromatic nitrogens is 4. The standard InChI is InChI=1S/C25H26N6O2S6/c1-14-9-16(5-7-18(14)26-20(32)12-36-24-28-22(34-3)30-38-24)11-17-6-8-19(15(2)10-17)27-21(33)13-37-25-29-23(35-4)31-39-25/h5-10H,11-13H2,1-4H3,(H,26,32)(H,27,33). The molecule has 0 saturated heterocycles. The van der Waals surface area contributed by atoms with Crippen molar-refractivity contribution in [2.75, 3.05) is 34.7 Å². The highest BCUT2D eigenvalue weighted by Crippen LogP contribution is 2.26. The number of nitrogens with one attached hydrogen (secondary N) is 2. The summed E-state index contributed by atoms with van der Waals surface area (Å²) in [5.74, 6) is 0.422. The van der Waals surface area contributed by atoms with E-state index < -0.39 is 0 Å². The second-order valence-corrected chi connectivity index (χ2v) is 13.7. The lowest BCUT2D eigenvalue weighted by Gasteiger charge is -2.12. The molecule has 0 aliphatic carbocycles. The first kappa shape index (κ1) is 29.9. The highest BCUT2D eigenvalue weighted by molar-refractivity contribution is 8.02. The van der Waals surface area contributed by atoms with E-state index >= 15 is 0 Å². The Morgan fingerprint density at radius 3 is 1.54 bits per heavy atom. The van der Waals surface area contributed by atoms with Gasteiger partial charge in [0.15, 0.2) is 8.68 Å². The van der Waals surface area contributed by atoms with Gasteiger partial charge in [0.05, 0.1) is 11.5 Å². The van der Waals surface area contributed by atoms with Gasteiger partial charge < -0.3 is 10.6 Å². The van der Waals surface area contributed by atoms with Gasteiger partial charge in [0.2, 0.25) is 22.1 Å². The highest BCUT2D eigenvalue weighted by Gasteiger charge is 2.12. The summed E-state index contributed by atoms with van der Waals surface area (Å²) >= 11 is 8.38. The normalized spacial score (nSPS) is 11.0. The average Bonchev–Trinajstić information content (AvgIpc) is 3.59. The molecule has 0 aliphatic rings. The van der Waals surface area contributed by atoms with E-state index in [2.05, 4.69) is 41.5 Å². The highest BCUT2D eigenvalue weighted by atomic mass is 32.2. The van der Waals surface area contributed by atoms with E-state index in [9.17, 15) is 9.59 Å². The van der Waals surface area contributed by atoms with Crippen LogP contribution in [0, 0.1) is 13.8 Å². The van der Waals surface area contributed by atoms with Crippen molar-refractivity contribution in [2.24, 2.45) is 0 Å². The largest absolute Gasteiger partial charge is 0.325 e. The molecule has 0 atom stereocenters.